The number of anilines is 1. The van der Waals surface area contributed by atoms with E-state index in [1.54, 1.807) is 6.26 Å². The van der Waals surface area contributed by atoms with Gasteiger partial charge in [-0.15, -0.1) is 0 Å². The fourth-order valence-electron chi connectivity index (χ4n) is 1.52. The molecule has 0 aliphatic rings. The van der Waals surface area contributed by atoms with Gasteiger partial charge in [0.25, 0.3) is 0 Å². The van der Waals surface area contributed by atoms with Crippen molar-refractivity contribution in [3.63, 3.8) is 0 Å². The molecule has 0 aliphatic carbocycles. The summed E-state index contributed by atoms with van der Waals surface area (Å²) in [4.78, 5) is 0. The third kappa shape index (κ3) is 2.40. The van der Waals surface area contributed by atoms with Crippen LogP contribution in [-0.2, 0) is 6.54 Å². The average Bonchev–Trinajstić information content (AvgIpc) is 2.72. The minimum atomic E-state index is 0.733. The second kappa shape index (κ2) is 4.22. The number of furan rings is 1. The van der Waals surface area contributed by atoms with E-state index in [9.17, 15) is 0 Å². The number of benzene rings is 1. The van der Waals surface area contributed by atoms with Crippen molar-refractivity contribution in [2.45, 2.75) is 20.4 Å². The third-order valence-corrected chi connectivity index (χ3v) is 2.43. The van der Waals surface area contributed by atoms with Gasteiger partial charge in [-0.05, 0) is 43.2 Å². The van der Waals surface area contributed by atoms with Gasteiger partial charge in [0.1, 0.15) is 5.76 Å². The van der Waals surface area contributed by atoms with Crippen molar-refractivity contribution >= 4 is 5.69 Å². The van der Waals surface area contributed by atoms with Gasteiger partial charge in [-0.2, -0.15) is 0 Å². The van der Waals surface area contributed by atoms with Crippen LogP contribution >= 0.6 is 0 Å². The van der Waals surface area contributed by atoms with E-state index in [4.69, 9.17) is 4.42 Å². The molecular formula is C13H15NO. The van der Waals surface area contributed by atoms with E-state index < -0.39 is 0 Å². The van der Waals surface area contributed by atoms with Crippen LogP contribution in [0.5, 0.6) is 0 Å². The molecule has 0 fully saturated rings. The topological polar surface area (TPSA) is 25.2 Å². The van der Waals surface area contributed by atoms with E-state index >= 15 is 0 Å². The molecule has 0 spiro atoms. The van der Waals surface area contributed by atoms with E-state index in [1.807, 2.05) is 12.1 Å². The van der Waals surface area contributed by atoms with E-state index in [0.29, 0.717) is 0 Å². The summed E-state index contributed by atoms with van der Waals surface area (Å²) in [5, 5.41) is 3.36. The van der Waals surface area contributed by atoms with Gasteiger partial charge in [0.2, 0.25) is 0 Å². The number of hydrogen-bond donors (Lipinski definition) is 1. The molecule has 0 bridgehead atoms. The largest absolute Gasteiger partial charge is 0.467 e. The molecule has 1 heterocycles. The highest BCUT2D eigenvalue weighted by Gasteiger charge is 1.99. The molecule has 0 saturated heterocycles. The molecular weight excluding hydrogens is 186 g/mol. The summed E-state index contributed by atoms with van der Waals surface area (Å²) in [6.07, 6.45) is 1.69. The van der Waals surface area contributed by atoms with E-state index in [2.05, 4.69) is 37.4 Å². The minimum Gasteiger partial charge on any atom is -0.467 e. The van der Waals surface area contributed by atoms with E-state index in [1.165, 1.54) is 16.8 Å². The molecule has 2 nitrogen and oxygen atoms in total. The highest BCUT2D eigenvalue weighted by molar-refractivity contribution is 5.52. The van der Waals surface area contributed by atoms with Gasteiger partial charge < -0.3 is 9.73 Å². The molecule has 1 N–H and O–H groups in total. The molecule has 2 rings (SSSR count). The Balaban J connectivity index is 2.07. The summed E-state index contributed by atoms with van der Waals surface area (Å²) >= 11 is 0. The Bertz CT molecular complexity index is 432. The first kappa shape index (κ1) is 9.84. The Kier molecular flexibility index (Phi) is 2.77. The predicted molar refractivity (Wildman–Crippen MR) is 62.0 cm³/mol. The summed E-state index contributed by atoms with van der Waals surface area (Å²) in [5.41, 5.74) is 3.70. The zero-order valence-electron chi connectivity index (χ0n) is 9.08. The second-order valence-electron chi connectivity index (χ2n) is 3.75. The Morgan fingerprint density at radius 2 is 2.07 bits per heavy atom. The molecule has 0 atom stereocenters. The molecule has 78 valence electrons. The molecule has 15 heavy (non-hydrogen) atoms. The summed E-state index contributed by atoms with van der Waals surface area (Å²) in [6, 6.07) is 10.3. The van der Waals surface area contributed by atoms with Crippen molar-refractivity contribution in [1.29, 1.82) is 0 Å². The fraction of sp³-hybridized carbons (Fsp3) is 0.231. The molecule has 0 aliphatic heterocycles. The Hall–Kier alpha value is -1.70. The Labute approximate surface area is 89.9 Å². The first-order valence-electron chi connectivity index (χ1n) is 5.09. The summed E-state index contributed by atoms with van der Waals surface area (Å²) < 4.78 is 5.26. The van der Waals surface area contributed by atoms with Crippen molar-refractivity contribution in [2.24, 2.45) is 0 Å². The Morgan fingerprint density at radius 3 is 2.80 bits per heavy atom. The number of hydrogen-bond acceptors (Lipinski definition) is 2. The van der Waals surface area contributed by atoms with Crippen molar-refractivity contribution in [3.05, 3.63) is 53.5 Å². The van der Waals surface area contributed by atoms with Crippen molar-refractivity contribution in [2.75, 3.05) is 5.32 Å². The molecule has 1 aromatic carbocycles. The maximum absolute atomic E-state index is 5.26. The highest BCUT2D eigenvalue weighted by Crippen LogP contribution is 2.17. The van der Waals surface area contributed by atoms with Crippen LogP contribution in [-0.4, -0.2) is 0 Å². The summed E-state index contributed by atoms with van der Waals surface area (Å²) in [5.74, 6) is 0.955. The lowest BCUT2D eigenvalue weighted by molar-refractivity contribution is 0.518. The minimum absolute atomic E-state index is 0.733. The molecule has 2 heteroatoms. The Morgan fingerprint density at radius 1 is 1.20 bits per heavy atom. The van der Waals surface area contributed by atoms with Crippen LogP contribution in [0.1, 0.15) is 16.9 Å². The average molecular weight is 201 g/mol. The maximum Gasteiger partial charge on any atom is 0.122 e. The van der Waals surface area contributed by atoms with Crippen LogP contribution in [0.3, 0.4) is 0 Å². The quantitative estimate of drug-likeness (QED) is 0.822. The monoisotopic (exact) mass is 201 g/mol. The predicted octanol–water partition coefficient (Wildman–Crippen LogP) is 3.51. The SMILES string of the molecule is Cc1ccc(C)c(NCc2ccco2)c1. The van der Waals surface area contributed by atoms with Crippen LogP contribution in [0.25, 0.3) is 0 Å². The highest BCUT2D eigenvalue weighted by atomic mass is 16.3. The summed E-state index contributed by atoms with van der Waals surface area (Å²) in [7, 11) is 0. The van der Waals surface area contributed by atoms with Crippen LogP contribution in [0.4, 0.5) is 5.69 Å². The van der Waals surface area contributed by atoms with Gasteiger partial charge in [0.05, 0.1) is 12.8 Å². The van der Waals surface area contributed by atoms with Crippen LogP contribution in [0.15, 0.2) is 41.0 Å². The number of rotatable bonds is 3. The summed E-state index contributed by atoms with van der Waals surface area (Å²) in [6.45, 7) is 4.93. The van der Waals surface area contributed by atoms with Gasteiger partial charge >= 0.3 is 0 Å². The van der Waals surface area contributed by atoms with Crippen molar-refractivity contribution in [3.8, 4) is 0 Å². The van der Waals surface area contributed by atoms with Gasteiger partial charge in [0.15, 0.2) is 0 Å². The molecule has 1 aromatic heterocycles. The molecule has 0 radical (unpaired) electrons. The molecule has 0 unspecified atom stereocenters. The third-order valence-electron chi connectivity index (χ3n) is 2.43. The van der Waals surface area contributed by atoms with Gasteiger partial charge in [-0.1, -0.05) is 12.1 Å². The van der Waals surface area contributed by atoms with Crippen molar-refractivity contribution in [1.82, 2.24) is 0 Å². The molecule has 0 saturated carbocycles. The normalized spacial score (nSPS) is 10.3. The van der Waals surface area contributed by atoms with Gasteiger partial charge in [-0.3, -0.25) is 0 Å². The maximum atomic E-state index is 5.26. The van der Waals surface area contributed by atoms with Crippen LogP contribution < -0.4 is 5.32 Å². The fourth-order valence-corrected chi connectivity index (χ4v) is 1.52. The van der Waals surface area contributed by atoms with E-state index in [0.717, 1.165) is 12.3 Å². The molecule has 2 aromatic rings. The smallest absolute Gasteiger partial charge is 0.122 e. The van der Waals surface area contributed by atoms with E-state index in [-0.39, 0.29) is 0 Å². The number of nitrogens with one attached hydrogen (secondary N) is 1. The van der Waals surface area contributed by atoms with Gasteiger partial charge in [0, 0.05) is 5.69 Å². The molecule has 0 amide bonds. The second-order valence-corrected chi connectivity index (χ2v) is 3.75. The first-order valence-corrected chi connectivity index (χ1v) is 5.09. The lowest BCUT2D eigenvalue weighted by atomic mass is 10.1. The standard InChI is InChI=1S/C13H15NO/c1-10-5-6-11(2)13(8-10)14-9-12-4-3-7-15-12/h3-8,14H,9H2,1-2H3. The first-order chi connectivity index (χ1) is 7.25. The zero-order valence-corrected chi connectivity index (χ0v) is 9.08. The lowest BCUT2D eigenvalue weighted by Gasteiger charge is -2.08. The van der Waals surface area contributed by atoms with Crippen LogP contribution in [0.2, 0.25) is 0 Å². The lowest BCUT2D eigenvalue weighted by Crippen LogP contribution is -2.00. The van der Waals surface area contributed by atoms with Crippen LogP contribution in [0, 0.1) is 13.8 Å². The van der Waals surface area contributed by atoms with Crippen molar-refractivity contribution < 1.29 is 4.42 Å². The van der Waals surface area contributed by atoms with Gasteiger partial charge in [-0.25, -0.2) is 0 Å². The zero-order chi connectivity index (χ0) is 10.7. The number of aryl methyl sites for hydroxylation is 2.